The van der Waals surface area contributed by atoms with E-state index in [1.54, 1.807) is 6.20 Å². The zero-order valence-electron chi connectivity index (χ0n) is 9.03. The average Bonchev–Trinajstić information content (AvgIpc) is 2.80. The number of benzene rings is 1. The first-order chi connectivity index (χ1) is 7.81. The van der Waals surface area contributed by atoms with E-state index in [4.69, 9.17) is 10.2 Å². The first-order valence-electron chi connectivity index (χ1n) is 4.99. The fraction of sp³-hybridized carbons (Fsp3) is 0.154. The molecule has 0 bridgehead atoms. The van der Waals surface area contributed by atoms with Crippen LogP contribution in [0.3, 0.4) is 0 Å². The summed E-state index contributed by atoms with van der Waals surface area (Å²) in [5, 5.41) is 0. The molecule has 0 atom stereocenters. The highest BCUT2D eigenvalue weighted by Gasteiger charge is 2.06. The first-order valence-corrected chi connectivity index (χ1v) is 4.99. The van der Waals surface area contributed by atoms with Crippen molar-refractivity contribution in [2.24, 2.45) is 5.73 Å². The van der Waals surface area contributed by atoms with Crippen molar-refractivity contribution in [3.63, 3.8) is 0 Å². The van der Waals surface area contributed by atoms with Gasteiger partial charge >= 0.3 is 0 Å². The Morgan fingerprint density at radius 3 is 3.00 bits per heavy atom. The molecule has 0 spiro atoms. The molecule has 0 aliphatic heterocycles. The van der Waals surface area contributed by atoms with Crippen molar-refractivity contribution in [2.45, 2.75) is 6.92 Å². The summed E-state index contributed by atoms with van der Waals surface area (Å²) in [5.41, 5.74) is 8.39. The van der Waals surface area contributed by atoms with Gasteiger partial charge in [-0.15, -0.1) is 0 Å². The summed E-state index contributed by atoms with van der Waals surface area (Å²) in [6, 6.07) is 6.01. The number of aryl methyl sites for hydroxylation is 1. The van der Waals surface area contributed by atoms with Crippen molar-refractivity contribution in [1.29, 1.82) is 0 Å². The molecule has 0 radical (unpaired) electrons. The molecule has 0 amide bonds. The SMILES string of the molecule is Cc1ccc(C#CCN)c(-c2cnco2)c1. The lowest BCUT2D eigenvalue weighted by atomic mass is 10.0. The normalized spacial score (nSPS) is 9.62. The molecule has 0 unspecified atom stereocenters. The predicted molar refractivity (Wildman–Crippen MR) is 62.6 cm³/mol. The molecule has 16 heavy (non-hydrogen) atoms. The molecular formula is C13H12N2O. The van der Waals surface area contributed by atoms with Gasteiger partial charge in [0.15, 0.2) is 12.2 Å². The van der Waals surface area contributed by atoms with Crippen LogP contribution in [0.1, 0.15) is 11.1 Å². The Balaban J connectivity index is 2.53. The Labute approximate surface area is 94.3 Å². The summed E-state index contributed by atoms with van der Waals surface area (Å²) >= 11 is 0. The van der Waals surface area contributed by atoms with Crippen molar-refractivity contribution >= 4 is 0 Å². The van der Waals surface area contributed by atoms with E-state index in [-0.39, 0.29) is 0 Å². The van der Waals surface area contributed by atoms with Gasteiger partial charge in [0.05, 0.1) is 12.7 Å². The summed E-state index contributed by atoms with van der Waals surface area (Å²) < 4.78 is 5.29. The van der Waals surface area contributed by atoms with Crippen LogP contribution in [0.25, 0.3) is 11.3 Å². The molecule has 0 saturated carbocycles. The van der Waals surface area contributed by atoms with Gasteiger partial charge in [0.2, 0.25) is 0 Å². The Hall–Kier alpha value is -2.05. The van der Waals surface area contributed by atoms with Crippen LogP contribution in [0, 0.1) is 18.8 Å². The van der Waals surface area contributed by atoms with Gasteiger partial charge in [0, 0.05) is 11.1 Å². The highest BCUT2D eigenvalue weighted by Crippen LogP contribution is 2.23. The number of hydrogen-bond acceptors (Lipinski definition) is 3. The van der Waals surface area contributed by atoms with E-state index in [9.17, 15) is 0 Å². The molecule has 1 heterocycles. The molecule has 0 aliphatic carbocycles. The molecule has 2 aromatic rings. The Morgan fingerprint density at radius 2 is 2.31 bits per heavy atom. The minimum atomic E-state index is 0.351. The Morgan fingerprint density at radius 1 is 1.44 bits per heavy atom. The van der Waals surface area contributed by atoms with Crippen LogP contribution in [0.2, 0.25) is 0 Å². The van der Waals surface area contributed by atoms with E-state index in [0.29, 0.717) is 6.54 Å². The van der Waals surface area contributed by atoms with Gasteiger partial charge in [-0.3, -0.25) is 0 Å². The lowest BCUT2D eigenvalue weighted by Crippen LogP contribution is -1.93. The zero-order valence-corrected chi connectivity index (χ0v) is 9.03. The van der Waals surface area contributed by atoms with E-state index in [1.165, 1.54) is 6.39 Å². The lowest BCUT2D eigenvalue weighted by molar-refractivity contribution is 0.572. The van der Waals surface area contributed by atoms with Crippen LogP contribution in [0.5, 0.6) is 0 Å². The third kappa shape index (κ3) is 2.13. The minimum absolute atomic E-state index is 0.351. The summed E-state index contributed by atoms with van der Waals surface area (Å²) in [7, 11) is 0. The smallest absolute Gasteiger partial charge is 0.181 e. The van der Waals surface area contributed by atoms with Crippen LogP contribution in [-0.2, 0) is 0 Å². The van der Waals surface area contributed by atoms with E-state index in [1.807, 2.05) is 25.1 Å². The second-order valence-corrected chi connectivity index (χ2v) is 3.42. The first kappa shape index (κ1) is 10.5. The standard InChI is InChI=1S/C13H12N2O/c1-10-4-5-11(3-2-6-14)12(7-10)13-8-15-9-16-13/h4-5,7-9H,6,14H2,1H3. The highest BCUT2D eigenvalue weighted by atomic mass is 16.3. The molecule has 0 saturated heterocycles. The molecule has 1 aromatic carbocycles. The van der Waals surface area contributed by atoms with Crippen molar-refractivity contribution in [1.82, 2.24) is 4.98 Å². The number of nitrogens with two attached hydrogens (primary N) is 1. The molecule has 80 valence electrons. The van der Waals surface area contributed by atoms with Crippen LogP contribution in [0.4, 0.5) is 0 Å². The van der Waals surface area contributed by atoms with E-state index in [0.717, 1.165) is 22.5 Å². The number of oxazole rings is 1. The predicted octanol–water partition coefficient (Wildman–Crippen LogP) is 1.96. The maximum Gasteiger partial charge on any atom is 0.181 e. The van der Waals surface area contributed by atoms with Gasteiger partial charge in [-0.2, -0.15) is 0 Å². The monoisotopic (exact) mass is 212 g/mol. The molecule has 2 N–H and O–H groups in total. The summed E-state index contributed by atoms with van der Waals surface area (Å²) in [5.74, 6) is 6.59. The van der Waals surface area contributed by atoms with Gasteiger partial charge in [-0.05, 0) is 19.1 Å². The van der Waals surface area contributed by atoms with Gasteiger partial charge in [-0.1, -0.05) is 23.5 Å². The molecule has 3 nitrogen and oxygen atoms in total. The van der Waals surface area contributed by atoms with Crippen LogP contribution >= 0.6 is 0 Å². The van der Waals surface area contributed by atoms with E-state index >= 15 is 0 Å². The van der Waals surface area contributed by atoms with E-state index < -0.39 is 0 Å². The fourth-order valence-electron chi connectivity index (χ4n) is 1.47. The van der Waals surface area contributed by atoms with Crippen molar-refractivity contribution in [2.75, 3.05) is 6.54 Å². The maximum atomic E-state index is 5.37. The van der Waals surface area contributed by atoms with Gasteiger partial charge in [-0.25, -0.2) is 4.98 Å². The second kappa shape index (κ2) is 4.65. The summed E-state index contributed by atoms with van der Waals surface area (Å²) in [6.45, 7) is 2.38. The van der Waals surface area contributed by atoms with Gasteiger partial charge in [0.1, 0.15) is 0 Å². The fourth-order valence-corrected chi connectivity index (χ4v) is 1.47. The lowest BCUT2D eigenvalue weighted by Gasteiger charge is -2.02. The molecule has 0 aliphatic rings. The van der Waals surface area contributed by atoms with Crippen LogP contribution in [0.15, 0.2) is 35.2 Å². The van der Waals surface area contributed by atoms with Gasteiger partial charge < -0.3 is 10.2 Å². The molecule has 1 aromatic heterocycles. The average molecular weight is 212 g/mol. The van der Waals surface area contributed by atoms with Crippen molar-refractivity contribution in [3.8, 4) is 23.2 Å². The summed E-state index contributed by atoms with van der Waals surface area (Å²) in [6.07, 6.45) is 3.10. The number of rotatable bonds is 1. The second-order valence-electron chi connectivity index (χ2n) is 3.42. The zero-order chi connectivity index (χ0) is 11.4. The largest absolute Gasteiger partial charge is 0.443 e. The Kier molecular flexibility index (Phi) is 3.04. The maximum absolute atomic E-state index is 5.37. The molecular weight excluding hydrogens is 200 g/mol. The summed E-state index contributed by atoms with van der Waals surface area (Å²) in [4.78, 5) is 3.91. The third-order valence-electron chi connectivity index (χ3n) is 2.20. The highest BCUT2D eigenvalue weighted by molar-refractivity contribution is 5.67. The Bertz CT molecular complexity index is 533. The van der Waals surface area contributed by atoms with E-state index in [2.05, 4.69) is 16.8 Å². The number of hydrogen-bond donors (Lipinski definition) is 1. The van der Waals surface area contributed by atoms with Crippen LogP contribution in [-0.4, -0.2) is 11.5 Å². The molecule has 0 fully saturated rings. The number of aromatic nitrogens is 1. The quantitative estimate of drug-likeness (QED) is 0.735. The number of nitrogens with zero attached hydrogens (tertiary/aromatic N) is 1. The van der Waals surface area contributed by atoms with Crippen molar-refractivity contribution < 1.29 is 4.42 Å². The molecule has 3 heteroatoms. The van der Waals surface area contributed by atoms with Crippen LogP contribution < -0.4 is 5.73 Å². The van der Waals surface area contributed by atoms with Crippen molar-refractivity contribution in [3.05, 3.63) is 41.9 Å². The third-order valence-corrected chi connectivity index (χ3v) is 2.20. The van der Waals surface area contributed by atoms with Gasteiger partial charge in [0.25, 0.3) is 0 Å². The molecule has 2 rings (SSSR count). The minimum Gasteiger partial charge on any atom is -0.443 e. The topological polar surface area (TPSA) is 52.0 Å².